The summed E-state index contributed by atoms with van der Waals surface area (Å²) >= 11 is 5.64. The van der Waals surface area contributed by atoms with Gasteiger partial charge in [0.05, 0.1) is 12.5 Å². The Morgan fingerprint density at radius 1 is 1.40 bits per heavy atom. The van der Waals surface area contributed by atoms with Crippen molar-refractivity contribution in [1.29, 1.82) is 5.26 Å². The summed E-state index contributed by atoms with van der Waals surface area (Å²) in [5.74, 6) is -0.394. The van der Waals surface area contributed by atoms with Crippen LogP contribution in [0.3, 0.4) is 0 Å². The number of rotatable bonds is 2. The van der Waals surface area contributed by atoms with E-state index in [-0.39, 0.29) is 11.4 Å². The zero-order chi connectivity index (χ0) is 11.5. The van der Waals surface area contributed by atoms with Gasteiger partial charge in [-0.05, 0) is 17.7 Å². The first-order chi connectivity index (χ1) is 6.92. The van der Waals surface area contributed by atoms with E-state index in [2.05, 4.69) is 4.74 Å². The summed E-state index contributed by atoms with van der Waals surface area (Å²) in [7, 11) is 0. The Balaban J connectivity index is 2.88. The fraction of sp³-hybridized carbons (Fsp3) is 0.222. The van der Waals surface area contributed by atoms with Crippen LogP contribution >= 0.6 is 11.6 Å². The smallest absolute Gasteiger partial charge is 0.406 e. The largest absolute Gasteiger partial charge is 0.573 e. The van der Waals surface area contributed by atoms with Crippen LogP contribution in [0.5, 0.6) is 5.75 Å². The lowest BCUT2D eigenvalue weighted by molar-refractivity contribution is -0.274. The molecule has 0 radical (unpaired) electrons. The van der Waals surface area contributed by atoms with Crippen molar-refractivity contribution in [2.45, 2.75) is 12.8 Å². The first kappa shape index (κ1) is 11.7. The van der Waals surface area contributed by atoms with E-state index in [0.29, 0.717) is 5.56 Å². The SMILES string of the molecule is N#CCc1ccc(OC(F)(F)F)cc1Cl. The lowest BCUT2D eigenvalue weighted by Crippen LogP contribution is -2.17. The lowest BCUT2D eigenvalue weighted by Gasteiger charge is -2.09. The predicted octanol–water partition coefficient (Wildman–Crippen LogP) is 3.30. The summed E-state index contributed by atoms with van der Waals surface area (Å²) in [6.45, 7) is 0. The highest BCUT2D eigenvalue weighted by Gasteiger charge is 2.31. The zero-order valence-corrected chi connectivity index (χ0v) is 8.06. The van der Waals surface area contributed by atoms with E-state index in [4.69, 9.17) is 16.9 Å². The molecule has 80 valence electrons. The quantitative estimate of drug-likeness (QED) is 0.788. The maximum Gasteiger partial charge on any atom is 0.573 e. The molecule has 1 aromatic rings. The maximum absolute atomic E-state index is 11.8. The van der Waals surface area contributed by atoms with E-state index in [0.717, 1.165) is 12.1 Å². The molecule has 0 amide bonds. The normalized spacial score (nSPS) is 10.9. The minimum absolute atomic E-state index is 0.0468. The van der Waals surface area contributed by atoms with Crippen molar-refractivity contribution < 1.29 is 17.9 Å². The van der Waals surface area contributed by atoms with Gasteiger partial charge in [0.15, 0.2) is 0 Å². The van der Waals surface area contributed by atoms with Crippen LogP contribution in [0, 0.1) is 11.3 Å². The molecule has 0 atom stereocenters. The number of nitriles is 1. The highest BCUT2D eigenvalue weighted by Crippen LogP contribution is 2.27. The van der Waals surface area contributed by atoms with Gasteiger partial charge in [0.25, 0.3) is 0 Å². The van der Waals surface area contributed by atoms with Crippen LogP contribution < -0.4 is 4.74 Å². The molecular weight excluding hydrogens is 231 g/mol. The Morgan fingerprint density at radius 2 is 2.07 bits per heavy atom. The van der Waals surface area contributed by atoms with Gasteiger partial charge in [-0.1, -0.05) is 17.7 Å². The van der Waals surface area contributed by atoms with E-state index in [1.807, 2.05) is 6.07 Å². The van der Waals surface area contributed by atoms with Gasteiger partial charge in [-0.2, -0.15) is 5.26 Å². The third-order valence-corrected chi connectivity index (χ3v) is 1.88. The van der Waals surface area contributed by atoms with Crippen LogP contribution in [-0.4, -0.2) is 6.36 Å². The monoisotopic (exact) mass is 235 g/mol. The van der Waals surface area contributed by atoms with E-state index in [1.54, 1.807) is 0 Å². The predicted molar refractivity (Wildman–Crippen MR) is 47.5 cm³/mol. The molecule has 2 nitrogen and oxygen atoms in total. The Hall–Kier alpha value is -1.41. The molecule has 0 heterocycles. The molecule has 0 aliphatic heterocycles. The first-order valence-electron chi connectivity index (χ1n) is 3.83. The molecule has 0 unspecified atom stereocenters. The molecule has 6 heteroatoms. The average molecular weight is 236 g/mol. The fourth-order valence-electron chi connectivity index (χ4n) is 0.954. The molecule has 1 rings (SSSR count). The lowest BCUT2D eigenvalue weighted by atomic mass is 10.1. The van der Waals surface area contributed by atoms with Crippen LogP contribution in [0.25, 0.3) is 0 Å². The van der Waals surface area contributed by atoms with Crippen molar-refractivity contribution in [2.24, 2.45) is 0 Å². The van der Waals surface area contributed by atoms with Gasteiger partial charge in [0, 0.05) is 5.02 Å². The number of benzene rings is 1. The highest BCUT2D eigenvalue weighted by molar-refractivity contribution is 6.31. The highest BCUT2D eigenvalue weighted by atomic mass is 35.5. The second kappa shape index (κ2) is 4.41. The summed E-state index contributed by atoms with van der Waals surface area (Å²) in [6.07, 6.45) is -4.69. The fourth-order valence-corrected chi connectivity index (χ4v) is 1.19. The molecule has 0 saturated heterocycles. The third kappa shape index (κ3) is 3.68. The number of nitrogens with zero attached hydrogens (tertiary/aromatic N) is 1. The van der Waals surface area contributed by atoms with Crippen molar-refractivity contribution in [1.82, 2.24) is 0 Å². The van der Waals surface area contributed by atoms with Crippen LogP contribution in [0.2, 0.25) is 5.02 Å². The second-order valence-corrected chi connectivity index (χ2v) is 3.04. The topological polar surface area (TPSA) is 33.0 Å². The number of hydrogen-bond donors (Lipinski definition) is 0. The van der Waals surface area contributed by atoms with E-state index in [1.165, 1.54) is 6.07 Å². The van der Waals surface area contributed by atoms with Gasteiger partial charge in [0.2, 0.25) is 0 Å². The number of hydrogen-bond acceptors (Lipinski definition) is 2. The van der Waals surface area contributed by atoms with Crippen LogP contribution in [0.4, 0.5) is 13.2 Å². The second-order valence-electron chi connectivity index (χ2n) is 2.64. The Bertz CT molecular complexity index is 397. The molecule has 0 aliphatic rings. The average Bonchev–Trinajstić information content (AvgIpc) is 2.07. The Kier molecular flexibility index (Phi) is 3.43. The van der Waals surface area contributed by atoms with Crippen molar-refractivity contribution in [3.8, 4) is 11.8 Å². The minimum Gasteiger partial charge on any atom is -0.406 e. The molecule has 15 heavy (non-hydrogen) atoms. The number of ether oxygens (including phenoxy) is 1. The minimum atomic E-state index is -4.74. The molecule has 0 fully saturated rings. The van der Waals surface area contributed by atoms with Crippen LogP contribution in [0.1, 0.15) is 5.56 Å². The summed E-state index contributed by atoms with van der Waals surface area (Å²) in [4.78, 5) is 0. The molecular formula is C9H5ClF3NO. The van der Waals surface area contributed by atoms with E-state index >= 15 is 0 Å². The van der Waals surface area contributed by atoms with E-state index in [9.17, 15) is 13.2 Å². The first-order valence-corrected chi connectivity index (χ1v) is 4.21. The maximum atomic E-state index is 11.8. The zero-order valence-electron chi connectivity index (χ0n) is 7.31. The molecule has 0 spiro atoms. The summed E-state index contributed by atoms with van der Waals surface area (Å²) in [5, 5.41) is 8.46. The molecule has 0 N–H and O–H groups in total. The van der Waals surface area contributed by atoms with Crippen LogP contribution in [0.15, 0.2) is 18.2 Å². The van der Waals surface area contributed by atoms with Gasteiger partial charge in [-0.3, -0.25) is 0 Å². The van der Waals surface area contributed by atoms with Gasteiger partial charge in [-0.25, -0.2) is 0 Å². The summed E-state index contributed by atoms with van der Waals surface area (Å²) < 4.78 is 39.1. The van der Waals surface area contributed by atoms with Gasteiger partial charge < -0.3 is 4.74 Å². The summed E-state index contributed by atoms with van der Waals surface area (Å²) in [6, 6.07) is 5.32. The summed E-state index contributed by atoms with van der Waals surface area (Å²) in [5.41, 5.74) is 0.466. The Labute approximate surface area is 88.8 Å². The number of halogens is 4. The third-order valence-electron chi connectivity index (χ3n) is 1.53. The van der Waals surface area contributed by atoms with Gasteiger partial charge >= 0.3 is 6.36 Å². The molecule has 0 bridgehead atoms. The van der Waals surface area contributed by atoms with Crippen molar-refractivity contribution in [3.05, 3.63) is 28.8 Å². The van der Waals surface area contributed by atoms with Crippen molar-refractivity contribution in [3.63, 3.8) is 0 Å². The van der Waals surface area contributed by atoms with E-state index < -0.39 is 12.1 Å². The Morgan fingerprint density at radius 3 is 2.53 bits per heavy atom. The molecule has 0 aromatic heterocycles. The van der Waals surface area contributed by atoms with Gasteiger partial charge in [0.1, 0.15) is 5.75 Å². The number of alkyl halides is 3. The van der Waals surface area contributed by atoms with Crippen LogP contribution in [-0.2, 0) is 6.42 Å². The van der Waals surface area contributed by atoms with Crippen molar-refractivity contribution in [2.75, 3.05) is 0 Å². The van der Waals surface area contributed by atoms with Crippen molar-refractivity contribution >= 4 is 11.6 Å². The van der Waals surface area contributed by atoms with Gasteiger partial charge in [-0.15, -0.1) is 13.2 Å². The standard InChI is InChI=1S/C9H5ClF3NO/c10-8-5-7(15-9(11,12)13)2-1-6(8)3-4-14/h1-2,5H,3H2. The molecule has 1 aromatic carbocycles. The molecule has 0 saturated carbocycles. The molecule has 0 aliphatic carbocycles.